The molecule has 0 spiro atoms. The van der Waals surface area contributed by atoms with E-state index in [2.05, 4.69) is 28.1 Å². The third kappa shape index (κ3) is 4.88. The Morgan fingerprint density at radius 2 is 1.72 bits per heavy atom. The van der Waals surface area contributed by atoms with E-state index in [9.17, 15) is 14.4 Å². The van der Waals surface area contributed by atoms with Crippen molar-refractivity contribution < 1.29 is 19.1 Å². The Hall–Kier alpha value is -2.67. The van der Waals surface area contributed by atoms with E-state index in [4.69, 9.17) is 4.74 Å². The number of benzene rings is 2. The first-order valence-corrected chi connectivity index (χ1v) is 11.8. The molecule has 0 unspecified atom stereocenters. The number of likely N-dealkylation sites (tertiary alicyclic amines) is 1. The maximum atomic E-state index is 12.7. The zero-order chi connectivity index (χ0) is 22.7. The number of carbonyl (C=O) groups excluding carboxylic acids is 3. The number of piperidine rings is 1. The Bertz CT molecular complexity index is 1010. The first kappa shape index (κ1) is 22.5. The van der Waals surface area contributed by atoms with Gasteiger partial charge in [0.1, 0.15) is 5.75 Å². The topological polar surface area (TPSA) is 66.9 Å². The monoisotopic (exact) mass is 498 g/mol. The number of imide groups is 1. The lowest BCUT2D eigenvalue weighted by molar-refractivity contribution is -0.132. The Balaban J connectivity index is 1.21. The molecule has 2 aliphatic heterocycles. The average molecular weight is 499 g/mol. The van der Waals surface area contributed by atoms with Gasteiger partial charge in [-0.3, -0.25) is 19.3 Å². The van der Waals surface area contributed by atoms with E-state index in [1.807, 2.05) is 17.0 Å². The number of hydrogen-bond donors (Lipinski definition) is 0. The van der Waals surface area contributed by atoms with Crippen molar-refractivity contribution in [2.45, 2.75) is 32.1 Å². The zero-order valence-corrected chi connectivity index (χ0v) is 19.8. The second kappa shape index (κ2) is 9.86. The summed E-state index contributed by atoms with van der Waals surface area (Å²) in [7, 11) is 1.67. The van der Waals surface area contributed by atoms with Crippen molar-refractivity contribution >= 4 is 33.7 Å². The van der Waals surface area contributed by atoms with E-state index in [1.54, 1.807) is 25.3 Å². The highest BCUT2D eigenvalue weighted by atomic mass is 79.9. The van der Waals surface area contributed by atoms with Crippen LogP contribution in [0.3, 0.4) is 0 Å². The lowest BCUT2D eigenvalue weighted by Crippen LogP contribution is -2.39. The molecule has 0 bridgehead atoms. The summed E-state index contributed by atoms with van der Waals surface area (Å²) >= 11 is 3.34. The molecule has 0 saturated carbocycles. The summed E-state index contributed by atoms with van der Waals surface area (Å²) in [5.41, 5.74) is 2.15. The maximum absolute atomic E-state index is 12.7. The summed E-state index contributed by atoms with van der Waals surface area (Å²) in [4.78, 5) is 40.9. The molecule has 2 heterocycles. The van der Waals surface area contributed by atoms with Crippen LogP contribution in [-0.2, 0) is 11.2 Å². The number of methoxy groups -OCH3 is 1. The predicted octanol–water partition coefficient (Wildman–Crippen LogP) is 4.32. The third-order valence-electron chi connectivity index (χ3n) is 6.36. The molecule has 1 fully saturated rings. The summed E-state index contributed by atoms with van der Waals surface area (Å²) in [5.74, 6) is 0.989. The van der Waals surface area contributed by atoms with Crippen LogP contribution in [0.5, 0.6) is 5.75 Å². The fourth-order valence-electron chi connectivity index (χ4n) is 4.49. The molecule has 2 aliphatic rings. The molecular weight excluding hydrogens is 472 g/mol. The molecule has 3 amide bonds. The summed E-state index contributed by atoms with van der Waals surface area (Å²) in [6.07, 6.45) is 3.83. The molecule has 2 aromatic carbocycles. The number of carbonyl (C=O) groups is 3. The van der Waals surface area contributed by atoms with Crippen molar-refractivity contribution in [2.24, 2.45) is 5.92 Å². The lowest BCUT2D eigenvalue weighted by atomic mass is 9.90. The van der Waals surface area contributed by atoms with Crippen molar-refractivity contribution in [3.05, 3.63) is 63.6 Å². The molecule has 6 nitrogen and oxygen atoms in total. The number of amides is 3. The fraction of sp³-hybridized carbons (Fsp3) is 0.400. The van der Waals surface area contributed by atoms with Crippen molar-refractivity contribution in [3.8, 4) is 5.75 Å². The quantitative estimate of drug-likeness (QED) is 0.533. The minimum absolute atomic E-state index is 0.104. The van der Waals surface area contributed by atoms with Gasteiger partial charge in [-0.1, -0.05) is 28.1 Å². The smallest absolute Gasteiger partial charge is 0.261 e. The predicted molar refractivity (Wildman–Crippen MR) is 125 cm³/mol. The fourth-order valence-corrected chi connectivity index (χ4v) is 4.86. The number of fused-ring (bicyclic) bond motifs is 1. The van der Waals surface area contributed by atoms with Crippen molar-refractivity contribution in [3.63, 3.8) is 0 Å². The van der Waals surface area contributed by atoms with Crippen LogP contribution in [0.4, 0.5) is 0 Å². The lowest BCUT2D eigenvalue weighted by Gasteiger charge is -2.32. The molecule has 4 rings (SSSR count). The van der Waals surface area contributed by atoms with Crippen molar-refractivity contribution in [1.82, 2.24) is 9.80 Å². The molecule has 0 N–H and O–H groups in total. The van der Waals surface area contributed by atoms with E-state index in [-0.39, 0.29) is 24.3 Å². The third-order valence-corrected chi connectivity index (χ3v) is 6.85. The molecule has 2 aromatic rings. The van der Waals surface area contributed by atoms with Crippen molar-refractivity contribution in [1.29, 1.82) is 0 Å². The average Bonchev–Trinajstić information content (AvgIpc) is 3.04. The van der Waals surface area contributed by atoms with Gasteiger partial charge in [0, 0.05) is 30.5 Å². The number of rotatable bonds is 7. The summed E-state index contributed by atoms with van der Waals surface area (Å²) in [6, 6.07) is 13.3. The van der Waals surface area contributed by atoms with Crippen LogP contribution in [0.15, 0.2) is 46.9 Å². The van der Waals surface area contributed by atoms with Gasteiger partial charge in [0.25, 0.3) is 11.8 Å². The molecule has 0 aliphatic carbocycles. The van der Waals surface area contributed by atoms with Crippen molar-refractivity contribution in [2.75, 3.05) is 26.7 Å². The van der Waals surface area contributed by atoms with Crippen LogP contribution in [0.1, 0.15) is 52.0 Å². The van der Waals surface area contributed by atoms with E-state index < -0.39 is 0 Å². The maximum Gasteiger partial charge on any atom is 0.261 e. The second-order valence-electron chi connectivity index (χ2n) is 8.43. The minimum Gasteiger partial charge on any atom is -0.497 e. The first-order chi connectivity index (χ1) is 15.5. The second-order valence-corrected chi connectivity index (χ2v) is 9.35. The van der Waals surface area contributed by atoms with Crippen LogP contribution in [-0.4, -0.2) is 54.3 Å². The van der Waals surface area contributed by atoms with Crippen LogP contribution in [0.25, 0.3) is 0 Å². The van der Waals surface area contributed by atoms with Gasteiger partial charge in [0.15, 0.2) is 0 Å². The van der Waals surface area contributed by atoms with Gasteiger partial charge in [-0.2, -0.15) is 0 Å². The summed E-state index contributed by atoms with van der Waals surface area (Å²) in [5, 5.41) is 0. The van der Waals surface area contributed by atoms with E-state index in [0.717, 1.165) is 42.6 Å². The zero-order valence-electron chi connectivity index (χ0n) is 18.2. The highest BCUT2D eigenvalue weighted by Gasteiger charge is 2.35. The first-order valence-electron chi connectivity index (χ1n) is 11.0. The van der Waals surface area contributed by atoms with Crippen LogP contribution < -0.4 is 4.74 Å². The van der Waals surface area contributed by atoms with Crippen LogP contribution in [0.2, 0.25) is 0 Å². The molecule has 1 saturated heterocycles. The van der Waals surface area contributed by atoms with Gasteiger partial charge in [-0.15, -0.1) is 0 Å². The number of hydrogen-bond acceptors (Lipinski definition) is 4. The highest BCUT2D eigenvalue weighted by molar-refractivity contribution is 9.10. The molecule has 7 heteroatoms. The van der Waals surface area contributed by atoms with E-state index in [1.165, 1.54) is 10.5 Å². The van der Waals surface area contributed by atoms with Gasteiger partial charge < -0.3 is 9.64 Å². The number of ether oxygens (including phenoxy) is 1. The Morgan fingerprint density at radius 3 is 2.41 bits per heavy atom. The number of nitrogens with zero attached hydrogens (tertiary/aromatic N) is 2. The van der Waals surface area contributed by atoms with Gasteiger partial charge in [-0.25, -0.2) is 0 Å². The van der Waals surface area contributed by atoms with Gasteiger partial charge >= 0.3 is 0 Å². The van der Waals surface area contributed by atoms with E-state index in [0.29, 0.717) is 29.9 Å². The molecule has 32 heavy (non-hydrogen) atoms. The SMILES string of the molecule is COc1ccc(CC2CCN(C(=O)CCCN3C(=O)c4ccc(Br)cc4C3=O)CC2)cc1. The van der Waals surface area contributed by atoms with Gasteiger partial charge in [-0.05, 0) is 67.5 Å². The molecule has 0 atom stereocenters. The Kier molecular flexibility index (Phi) is 6.94. The van der Waals surface area contributed by atoms with Gasteiger partial charge in [0.2, 0.25) is 5.91 Å². The normalized spacial score (nSPS) is 16.4. The number of halogens is 1. The molecular formula is C25H27BrN2O4. The minimum atomic E-state index is -0.280. The Morgan fingerprint density at radius 1 is 1.03 bits per heavy atom. The largest absolute Gasteiger partial charge is 0.497 e. The molecule has 0 aromatic heterocycles. The molecule has 168 valence electrons. The summed E-state index contributed by atoms with van der Waals surface area (Å²) < 4.78 is 5.98. The Labute approximate surface area is 196 Å². The highest BCUT2D eigenvalue weighted by Crippen LogP contribution is 2.27. The van der Waals surface area contributed by atoms with E-state index >= 15 is 0 Å². The molecule has 0 radical (unpaired) electrons. The van der Waals surface area contributed by atoms with Crippen LogP contribution in [0, 0.1) is 5.92 Å². The standard InChI is InChI=1S/C25H27BrN2O4/c1-32-20-7-4-17(5-8-20)15-18-10-13-27(14-11-18)23(29)3-2-12-28-24(30)21-9-6-19(26)16-22(21)25(28)31/h4-9,16,18H,2-3,10-15H2,1H3. The van der Waals surface area contributed by atoms with Crippen LogP contribution >= 0.6 is 15.9 Å². The van der Waals surface area contributed by atoms with Gasteiger partial charge in [0.05, 0.1) is 18.2 Å². The summed E-state index contributed by atoms with van der Waals surface area (Å²) in [6.45, 7) is 1.80.